The first-order valence-corrected chi connectivity index (χ1v) is 11.2. The fourth-order valence-electron chi connectivity index (χ4n) is 4.04. The van der Waals surface area contributed by atoms with Crippen molar-refractivity contribution < 1.29 is 14.7 Å². The number of aromatic nitrogens is 2. The van der Waals surface area contributed by atoms with Crippen LogP contribution in [0.4, 0.5) is 11.5 Å². The van der Waals surface area contributed by atoms with Crippen molar-refractivity contribution in [1.29, 1.82) is 0 Å². The Hall–Kier alpha value is -3.00. The molecule has 0 fully saturated rings. The Morgan fingerprint density at radius 3 is 2.61 bits per heavy atom. The quantitative estimate of drug-likeness (QED) is 0.545. The van der Waals surface area contributed by atoms with E-state index in [0.29, 0.717) is 16.9 Å². The summed E-state index contributed by atoms with van der Waals surface area (Å²) in [7, 11) is 0. The van der Waals surface area contributed by atoms with Crippen LogP contribution in [0.1, 0.15) is 48.0 Å². The van der Waals surface area contributed by atoms with Gasteiger partial charge in [0.25, 0.3) is 5.91 Å². The molecule has 4 rings (SSSR count). The number of rotatable bonds is 5. The van der Waals surface area contributed by atoms with E-state index < -0.39 is 18.4 Å². The van der Waals surface area contributed by atoms with Crippen LogP contribution in [0, 0.1) is 11.3 Å². The predicted molar refractivity (Wildman–Crippen MR) is 122 cm³/mol. The van der Waals surface area contributed by atoms with Gasteiger partial charge in [-0.25, -0.2) is 9.97 Å². The molecule has 162 valence electrons. The van der Waals surface area contributed by atoms with Crippen LogP contribution in [0.3, 0.4) is 0 Å². The van der Waals surface area contributed by atoms with Crippen molar-refractivity contribution in [2.75, 3.05) is 11.9 Å². The van der Waals surface area contributed by atoms with Gasteiger partial charge in [-0.3, -0.25) is 9.59 Å². The first-order valence-electron chi connectivity index (χ1n) is 10.3. The summed E-state index contributed by atoms with van der Waals surface area (Å²) in [6.45, 7) is 6.54. The van der Waals surface area contributed by atoms with E-state index in [-0.39, 0.29) is 0 Å². The lowest BCUT2D eigenvalue weighted by molar-refractivity contribution is -0.135. The molecule has 0 bridgehead atoms. The van der Waals surface area contributed by atoms with Crippen molar-refractivity contribution in [3.8, 4) is 0 Å². The summed E-state index contributed by atoms with van der Waals surface area (Å²) in [5.41, 5.74) is 2.85. The number of hydrogen-bond donors (Lipinski definition) is 3. The zero-order chi connectivity index (χ0) is 22.2. The molecule has 0 spiro atoms. The topological polar surface area (TPSA) is 104 Å². The van der Waals surface area contributed by atoms with Gasteiger partial charge in [-0.15, -0.1) is 11.3 Å². The van der Waals surface area contributed by atoms with Gasteiger partial charge < -0.3 is 15.7 Å². The van der Waals surface area contributed by atoms with Gasteiger partial charge >= 0.3 is 5.97 Å². The monoisotopic (exact) mass is 438 g/mol. The Labute approximate surface area is 184 Å². The van der Waals surface area contributed by atoms with Crippen molar-refractivity contribution >= 4 is 44.9 Å². The van der Waals surface area contributed by atoms with E-state index in [1.54, 1.807) is 41.9 Å². The van der Waals surface area contributed by atoms with Gasteiger partial charge in [0, 0.05) is 16.1 Å². The number of benzene rings is 1. The number of fused-ring (bicyclic) bond motifs is 3. The molecule has 3 N–H and O–H groups in total. The Balaban J connectivity index is 1.56. The van der Waals surface area contributed by atoms with E-state index in [1.165, 1.54) is 10.4 Å². The molecule has 0 aliphatic heterocycles. The number of hydrogen-bond acceptors (Lipinski definition) is 6. The molecule has 0 radical (unpaired) electrons. The van der Waals surface area contributed by atoms with Gasteiger partial charge in [0.2, 0.25) is 0 Å². The molecular formula is C23H26N4O3S. The van der Waals surface area contributed by atoms with Gasteiger partial charge in [0.1, 0.15) is 23.5 Å². The zero-order valence-corrected chi connectivity index (χ0v) is 18.7. The van der Waals surface area contributed by atoms with Crippen LogP contribution in [0.2, 0.25) is 0 Å². The highest BCUT2D eigenvalue weighted by molar-refractivity contribution is 7.19. The Kier molecular flexibility index (Phi) is 5.66. The SMILES string of the molecule is CC(C)(C)C1CCc2c(sc3ncnc(Nc4ccc(C(=O)NCC(=O)O)cc4)c23)C1. The first kappa shape index (κ1) is 21.2. The van der Waals surface area contributed by atoms with E-state index in [1.807, 2.05) is 0 Å². The lowest BCUT2D eigenvalue weighted by atomic mass is 9.72. The Morgan fingerprint density at radius 2 is 1.94 bits per heavy atom. The summed E-state index contributed by atoms with van der Waals surface area (Å²) in [6.07, 6.45) is 4.86. The first-order chi connectivity index (χ1) is 14.7. The fourth-order valence-corrected chi connectivity index (χ4v) is 5.31. The summed E-state index contributed by atoms with van der Waals surface area (Å²) >= 11 is 1.77. The molecule has 1 atom stereocenters. The summed E-state index contributed by atoms with van der Waals surface area (Å²) in [5.74, 6) is -0.0527. The van der Waals surface area contributed by atoms with Crippen molar-refractivity contribution in [3.63, 3.8) is 0 Å². The molecule has 0 saturated carbocycles. The van der Waals surface area contributed by atoms with Crippen LogP contribution in [-0.2, 0) is 17.6 Å². The molecule has 8 heteroatoms. The van der Waals surface area contributed by atoms with Gasteiger partial charge in [-0.2, -0.15) is 0 Å². The smallest absolute Gasteiger partial charge is 0.322 e. The molecule has 2 aromatic heterocycles. The molecule has 0 saturated heterocycles. The van der Waals surface area contributed by atoms with Crippen molar-refractivity contribution in [2.45, 2.75) is 40.0 Å². The molecule has 1 aromatic carbocycles. The van der Waals surface area contributed by atoms with Crippen LogP contribution >= 0.6 is 11.3 Å². The number of aryl methyl sites for hydroxylation is 1. The fraction of sp³-hybridized carbons (Fsp3) is 0.391. The lowest BCUT2D eigenvalue weighted by Gasteiger charge is -2.33. The molecule has 2 heterocycles. The second-order valence-corrected chi connectivity index (χ2v) is 10.1. The number of carbonyl (C=O) groups is 2. The maximum atomic E-state index is 12.0. The average molecular weight is 439 g/mol. The molecule has 1 amide bonds. The van der Waals surface area contributed by atoms with Crippen molar-refractivity contribution in [3.05, 3.63) is 46.6 Å². The maximum absolute atomic E-state index is 12.0. The number of amides is 1. The number of nitrogens with zero attached hydrogens (tertiary/aromatic N) is 2. The minimum absolute atomic E-state index is 0.291. The largest absolute Gasteiger partial charge is 0.480 e. The molecule has 31 heavy (non-hydrogen) atoms. The number of aliphatic carboxylic acids is 1. The Bertz CT molecular complexity index is 1130. The van der Waals surface area contributed by atoms with E-state index in [9.17, 15) is 9.59 Å². The summed E-state index contributed by atoms with van der Waals surface area (Å²) < 4.78 is 0. The maximum Gasteiger partial charge on any atom is 0.322 e. The van der Waals surface area contributed by atoms with Crippen LogP contribution in [0.25, 0.3) is 10.2 Å². The summed E-state index contributed by atoms with van der Waals surface area (Å²) in [5, 5.41) is 15.5. The average Bonchev–Trinajstić information content (AvgIpc) is 3.10. The number of carboxylic acids is 1. The molecule has 1 aliphatic rings. The second kappa shape index (κ2) is 8.26. The normalized spacial score (nSPS) is 16.0. The number of carbonyl (C=O) groups excluding carboxylic acids is 1. The van der Waals surface area contributed by atoms with Crippen LogP contribution in [0.15, 0.2) is 30.6 Å². The Morgan fingerprint density at radius 1 is 1.19 bits per heavy atom. The van der Waals surface area contributed by atoms with E-state index in [4.69, 9.17) is 5.11 Å². The minimum Gasteiger partial charge on any atom is -0.480 e. The van der Waals surface area contributed by atoms with E-state index in [0.717, 1.165) is 41.0 Å². The van der Waals surface area contributed by atoms with Crippen LogP contribution in [-0.4, -0.2) is 33.5 Å². The minimum atomic E-state index is -1.08. The highest BCUT2D eigenvalue weighted by atomic mass is 32.1. The van der Waals surface area contributed by atoms with Crippen LogP contribution in [0.5, 0.6) is 0 Å². The molecule has 1 aliphatic carbocycles. The number of carboxylic acid groups (broad SMARTS) is 1. The standard InChI is InChI=1S/C23H26N4O3S/c1-23(2,3)14-6-9-16-17(10-14)31-22-19(16)20(25-12-26-22)27-15-7-4-13(5-8-15)21(30)24-11-18(28)29/h4-5,7-8,12,14H,6,9-11H2,1-3H3,(H,24,30)(H,28,29)(H,25,26,27). The van der Waals surface area contributed by atoms with Gasteiger partial charge in [-0.05, 0) is 60.4 Å². The molecule has 1 unspecified atom stereocenters. The third kappa shape index (κ3) is 4.54. The molecule has 3 aromatic rings. The van der Waals surface area contributed by atoms with Gasteiger partial charge in [-0.1, -0.05) is 20.8 Å². The summed E-state index contributed by atoms with van der Waals surface area (Å²) in [4.78, 5) is 34.0. The number of thiophene rings is 1. The third-order valence-corrected chi connectivity index (χ3v) is 7.04. The van der Waals surface area contributed by atoms with E-state index >= 15 is 0 Å². The van der Waals surface area contributed by atoms with Gasteiger partial charge in [0.05, 0.1) is 5.39 Å². The number of nitrogens with one attached hydrogen (secondary N) is 2. The molecule has 7 nitrogen and oxygen atoms in total. The molecular weight excluding hydrogens is 412 g/mol. The lowest BCUT2D eigenvalue weighted by Crippen LogP contribution is -2.29. The number of anilines is 2. The summed E-state index contributed by atoms with van der Waals surface area (Å²) in [6, 6.07) is 6.90. The highest BCUT2D eigenvalue weighted by Crippen LogP contribution is 2.44. The van der Waals surface area contributed by atoms with E-state index in [2.05, 4.69) is 41.4 Å². The predicted octanol–water partition coefficient (Wildman–Crippen LogP) is 4.40. The van der Waals surface area contributed by atoms with Crippen molar-refractivity contribution in [2.24, 2.45) is 11.3 Å². The zero-order valence-electron chi connectivity index (χ0n) is 17.9. The van der Waals surface area contributed by atoms with Crippen LogP contribution < -0.4 is 10.6 Å². The van der Waals surface area contributed by atoms with Crippen molar-refractivity contribution in [1.82, 2.24) is 15.3 Å². The highest BCUT2D eigenvalue weighted by Gasteiger charge is 2.31. The third-order valence-electron chi connectivity index (χ3n) is 5.88. The van der Waals surface area contributed by atoms with Gasteiger partial charge in [0.15, 0.2) is 0 Å². The second-order valence-electron chi connectivity index (χ2n) is 8.99.